The van der Waals surface area contributed by atoms with E-state index in [-0.39, 0.29) is 27.5 Å². The van der Waals surface area contributed by atoms with Gasteiger partial charge in [-0.15, -0.1) is 0 Å². The fourth-order valence-electron chi connectivity index (χ4n) is 6.70. The van der Waals surface area contributed by atoms with E-state index in [0.717, 1.165) is 53.3 Å². The van der Waals surface area contributed by atoms with Crippen LogP contribution in [0.5, 0.6) is 5.75 Å². The number of aryl methyl sites for hydroxylation is 4. The molecule has 2 aromatic carbocycles. The Morgan fingerprint density at radius 3 is 2.41 bits per heavy atom. The summed E-state index contributed by atoms with van der Waals surface area (Å²) in [4.78, 5) is 18.1. The molecule has 2 heterocycles. The van der Waals surface area contributed by atoms with Crippen LogP contribution in [0.2, 0.25) is 5.02 Å². The van der Waals surface area contributed by atoms with E-state index in [1.54, 1.807) is 18.2 Å². The van der Waals surface area contributed by atoms with E-state index < -0.39 is 16.2 Å². The lowest BCUT2D eigenvalue weighted by molar-refractivity contribution is -0.846. The van der Waals surface area contributed by atoms with Crippen LogP contribution < -0.4 is 9.64 Å². The number of pyridine rings is 1. The number of nitrogens with zero attached hydrogens (tertiary/aromatic N) is 3. The molecule has 2 atom stereocenters. The van der Waals surface area contributed by atoms with Crippen molar-refractivity contribution in [1.82, 2.24) is 4.98 Å². The second-order valence-corrected chi connectivity index (χ2v) is 14.1. The van der Waals surface area contributed by atoms with Gasteiger partial charge >= 0.3 is 6.16 Å². The topological polar surface area (TPSA) is 96.8 Å². The summed E-state index contributed by atoms with van der Waals surface area (Å²) in [5.41, 5.74) is 5.75. The van der Waals surface area contributed by atoms with Crippen LogP contribution in [-0.2, 0) is 22.9 Å². The summed E-state index contributed by atoms with van der Waals surface area (Å²) in [5.74, 6) is 0.175. The number of aromatic nitrogens is 1. The number of rotatable bonds is 8. The van der Waals surface area contributed by atoms with Gasteiger partial charge in [-0.25, -0.2) is 8.68 Å². The van der Waals surface area contributed by atoms with Crippen LogP contribution in [-0.4, -0.2) is 60.5 Å². The highest BCUT2D eigenvalue weighted by atomic mass is 35.5. The van der Waals surface area contributed by atoms with Crippen molar-refractivity contribution in [1.29, 1.82) is 0 Å². The van der Waals surface area contributed by atoms with Crippen molar-refractivity contribution in [3.63, 3.8) is 0 Å². The molecule has 218 valence electrons. The Balaban J connectivity index is 1.48. The van der Waals surface area contributed by atoms with Crippen molar-refractivity contribution in [2.24, 2.45) is 0 Å². The largest absolute Gasteiger partial charge is 0.511 e. The number of quaternary nitrogens is 1. The molecule has 0 saturated carbocycles. The number of hydrogen-bond donors (Lipinski definition) is 1. The summed E-state index contributed by atoms with van der Waals surface area (Å²) in [6, 6.07) is 16.3. The molecule has 1 fully saturated rings. The number of fused-ring (bicyclic) bond motifs is 1. The van der Waals surface area contributed by atoms with Crippen LogP contribution in [0.3, 0.4) is 0 Å². The van der Waals surface area contributed by atoms with Gasteiger partial charge in [0.05, 0.1) is 7.05 Å². The quantitative estimate of drug-likeness (QED) is 0.190. The van der Waals surface area contributed by atoms with E-state index in [0.29, 0.717) is 30.7 Å². The van der Waals surface area contributed by atoms with Gasteiger partial charge in [0.15, 0.2) is 0 Å². The number of anilines is 1. The van der Waals surface area contributed by atoms with Crippen LogP contribution >= 0.6 is 11.6 Å². The average molecular weight is 599 g/mol. The predicted octanol–water partition coefficient (Wildman–Crippen LogP) is 6.08. The van der Waals surface area contributed by atoms with E-state index in [4.69, 9.17) is 16.3 Å². The highest BCUT2D eigenvalue weighted by molar-refractivity contribution is 7.85. The fourth-order valence-corrected chi connectivity index (χ4v) is 9.07. The molecule has 1 N–H and O–H groups in total. The van der Waals surface area contributed by atoms with E-state index in [1.807, 2.05) is 45.2 Å². The Morgan fingerprint density at radius 1 is 1.07 bits per heavy atom. The lowest BCUT2D eigenvalue weighted by atomic mass is 9.98. The lowest BCUT2D eigenvalue weighted by Gasteiger charge is -2.47. The molecule has 0 amide bonds. The van der Waals surface area contributed by atoms with Gasteiger partial charge < -0.3 is 14.7 Å². The maximum atomic E-state index is 14.5. The fraction of sp³-hybridized carbons (Fsp3) is 0.419. The summed E-state index contributed by atoms with van der Waals surface area (Å²) in [6.07, 6.45) is 1.75. The molecule has 0 spiro atoms. The summed E-state index contributed by atoms with van der Waals surface area (Å²) in [6.45, 7) is 5.46. The molecular weight excluding hydrogens is 562 g/mol. The number of hydrogen-bond acceptors (Lipinski definition) is 6. The Morgan fingerprint density at radius 2 is 1.76 bits per heavy atom. The van der Waals surface area contributed by atoms with Crippen LogP contribution in [0.1, 0.15) is 53.4 Å². The van der Waals surface area contributed by atoms with Gasteiger partial charge in [-0.2, -0.15) is 8.42 Å². The molecule has 0 bridgehead atoms. The smallest absolute Gasteiger partial charge is 0.449 e. The highest BCUT2D eigenvalue weighted by Crippen LogP contribution is 2.47. The van der Waals surface area contributed by atoms with Crippen molar-refractivity contribution >= 4 is 33.5 Å². The standard InChI is InChI=1S/C31H36ClN3O5S/c1-21-18-25(19-22(2)33-21)34-15-12-26(13-16-34)35(3,41(38,39)17-14-24-6-4-5-7-29(24)32)30-11-9-23-8-10-27(20-28(23)30)40-31(36)37/h4-8,10,18-20,26,30H,9,11-17H2,1-3H3/p+1. The Hall–Kier alpha value is -3.14. The SMILES string of the molecule is Cc1cc(N2CCC([N+](C)(C3CCc4ccc(OC(=O)O)cc43)S(=O)(=O)CCc3ccccc3Cl)CC2)cc(C)n1. The summed E-state index contributed by atoms with van der Waals surface area (Å²) in [7, 11) is -1.83. The molecule has 2 unspecified atom stereocenters. The maximum Gasteiger partial charge on any atom is 0.511 e. The molecule has 1 aromatic heterocycles. The molecule has 1 aliphatic heterocycles. The maximum absolute atomic E-state index is 14.5. The zero-order chi connectivity index (χ0) is 29.4. The molecule has 10 heteroatoms. The summed E-state index contributed by atoms with van der Waals surface area (Å²) < 4.78 is 33.9. The van der Waals surface area contributed by atoms with Gasteiger partial charge in [0.25, 0.3) is 10.0 Å². The minimum absolute atomic E-state index is 0.0344. The van der Waals surface area contributed by atoms with Gasteiger partial charge in [0, 0.05) is 60.0 Å². The van der Waals surface area contributed by atoms with Crippen molar-refractivity contribution in [2.75, 3.05) is 30.8 Å². The highest BCUT2D eigenvalue weighted by Gasteiger charge is 2.53. The second kappa shape index (κ2) is 11.6. The van der Waals surface area contributed by atoms with E-state index in [2.05, 4.69) is 22.0 Å². The third-order valence-corrected chi connectivity index (χ3v) is 11.6. The van der Waals surface area contributed by atoms with Gasteiger partial charge in [-0.3, -0.25) is 4.98 Å². The van der Waals surface area contributed by atoms with Crippen molar-refractivity contribution in [3.8, 4) is 5.75 Å². The van der Waals surface area contributed by atoms with Gasteiger partial charge in [-0.05, 0) is 68.1 Å². The van der Waals surface area contributed by atoms with Gasteiger partial charge in [0.2, 0.25) is 0 Å². The summed E-state index contributed by atoms with van der Waals surface area (Å²) >= 11 is 6.39. The third-order valence-electron chi connectivity index (χ3n) is 8.79. The van der Waals surface area contributed by atoms with Crippen LogP contribution in [0.25, 0.3) is 0 Å². The monoisotopic (exact) mass is 598 g/mol. The summed E-state index contributed by atoms with van der Waals surface area (Å²) in [5, 5.41) is 9.75. The predicted molar refractivity (Wildman–Crippen MR) is 160 cm³/mol. The molecule has 0 radical (unpaired) electrons. The van der Waals surface area contributed by atoms with Gasteiger partial charge in [-0.1, -0.05) is 35.9 Å². The van der Waals surface area contributed by atoms with Crippen LogP contribution in [0.4, 0.5) is 10.5 Å². The van der Waals surface area contributed by atoms with E-state index >= 15 is 0 Å². The normalized spacial score (nSPS) is 19.0. The Labute approximate surface area is 247 Å². The first kappa shape index (κ1) is 29.4. The first-order valence-electron chi connectivity index (χ1n) is 14.0. The van der Waals surface area contributed by atoms with Crippen molar-refractivity contribution < 1.29 is 26.9 Å². The average Bonchev–Trinajstić information content (AvgIpc) is 3.35. The van der Waals surface area contributed by atoms with E-state index in [9.17, 15) is 18.3 Å². The Kier molecular flexibility index (Phi) is 8.32. The van der Waals surface area contributed by atoms with Crippen molar-refractivity contribution in [2.45, 2.75) is 58.0 Å². The first-order chi connectivity index (χ1) is 19.5. The number of carbonyl (C=O) groups is 1. The number of carboxylic acid groups (broad SMARTS) is 1. The van der Waals surface area contributed by atoms with E-state index in [1.165, 1.54) is 0 Å². The lowest BCUT2D eigenvalue weighted by Crippen LogP contribution is -2.61. The molecular formula is C31H37ClN3O5S+. The molecule has 2 aliphatic rings. The molecule has 3 aromatic rings. The molecule has 41 heavy (non-hydrogen) atoms. The molecule has 1 aliphatic carbocycles. The number of sulfonamides is 1. The van der Waals surface area contributed by atoms with Crippen LogP contribution in [0.15, 0.2) is 54.6 Å². The zero-order valence-electron chi connectivity index (χ0n) is 23.7. The number of ether oxygens (including phenoxy) is 1. The first-order valence-corrected chi connectivity index (χ1v) is 16.0. The second-order valence-electron chi connectivity index (χ2n) is 11.3. The molecule has 1 saturated heterocycles. The van der Waals surface area contributed by atoms with Crippen LogP contribution in [0, 0.1) is 13.8 Å². The minimum atomic E-state index is -3.70. The van der Waals surface area contributed by atoms with Gasteiger partial charge in [0.1, 0.15) is 23.6 Å². The van der Waals surface area contributed by atoms with Crippen molar-refractivity contribution in [3.05, 3.63) is 87.7 Å². The number of halogens is 1. The Bertz CT molecular complexity index is 1530. The molecule has 8 nitrogen and oxygen atoms in total. The third kappa shape index (κ3) is 5.94. The number of piperidine rings is 1. The minimum Gasteiger partial charge on any atom is -0.449 e. The molecule has 5 rings (SSSR count). The zero-order valence-corrected chi connectivity index (χ0v) is 25.3. The number of benzene rings is 2.